The molecule has 4 nitrogen and oxygen atoms in total. The zero-order valence-corrected chi connectivity index (χ0v) is 12.5. The number of nitrogens with zero attached hydrogens (tertiary/aromatic N) is 2. The number of hydrogen-bond acceptors (Lipinski definition) is 3. The van der Waals surface area contributed by atoms with Gasteiger partial charge in [-0.2, -0.15) is 0 Å². The molecule has 0 bridgehead atoms. The Hall–Kier alpha value is -1.55. The van der Waals surface area contributed by atoms with Crippen molar-refractivity contribution in [2.24, 2.45) is 0 Å². The fourth-order valence-corrected chi connectivity index (χ4v) is 2.55. The lowest BCUT2D eigenvalue weighted by atomic mass is 10.1. The Kier molecular flexibility index (Phi) is 5.41. The van der Waals surface area contributed by atoms with Crippen molar-refractivity contribution < 1.29 is 9.53 Å². The van der Waals surface area contributed by atoms with Gasteiger partial charge in [-0.25, -0.2) is 0 Å². The lowest BCUT2D eigenvalue weighted by Crippen LogP contribution is -2.48. The highest BCUT2D eigenvalue weighted by molar-refractivity contribution is 5.97. The average molecular weight is 276 g/mol. The second-order valence-electron chi connectivity index (χ2n) is 5.19. The lowest BCUT2D eigenvalue weighted by Gasteiger charge is -2.34. The molecule has 1 heterocycles. The van der Waals surface area contributed by atoms with Crippen LogP contribution in [-0.2, 0) is 0 Å². The largest absolute Gasteiger partial charge is 0.496 e. The SMILES string of the molecule is CCCCN1CCN(C(=O)c2ccccc2OC)CC1. The highest BCUT2D eigenvalue weighted by atomic mass is 16.5. The fourth-order valence-electron chi connectivity index (χ4n) is 2.55. The number of ether oxygens (including phenoxy) is 1. The van der Waals surface area contributed by atoms with Crippen LogP contribution in [0, 0.1) is 0 Å². The van der Waals surface area contributed by atoms with Crippen molar-refractivity contribution >= 4 is 5.91 Å². The molecule has 4 heteroatoms. The normalized spacial score (nSPS) is 16.2. The van der Waals surface area contributed by atoms with Gasteiger partial charge >= 0.3 is 0 Å². The van der Waals surface area contributed by atoms with Gasteiger partial charge in [0.25, 0.3) is 5.91 Å². The Labute approximate surface area is 121 Å². The zero-order chi connectivity index (χ0) is 14.4. The van der Waals surface area contributed by atoms with E-state index in [1.54, 1.807) is 7.11 Å². The summed E-state index contributed by atoms with van der Waals surface area (Å²) in [6.45, 7) is 6.91. The minimum absolute atomic E-state index is 0.0811. The number of para-hydroxylation sites is 1. The molecule has 0 N–H and O–H groups in total. The van der Waals surface area contributed by atoms with Crippen LogP contribution in [0.2, 0.25) is 0 Å². The van der Waals surface area contributed by atoms with Gasteiger partial charge < -0.3 is 9.64 Å². The molecule has 0 aromatic heterocycles. The minimum atomic E-state index is 0.0811. The summed E-state index contributed by atoms with van der Waals surface area (Å²) in [7, 11) is 1.61. The summed E-state index contributed by atoms with van der Waals surface area (Å²) in [6.07, 6.45) is 2.46. The van der Waals surface area contributed by atoms with Gasteiger partial charge in [0, 0.05) is 26.2 Å². The molecule has 0 radical (unpaired) electrons. The lowest BCUT2D eigenvalue weighted by molar-refractivity contribution is 0.0632. The third-order valence-corrected chi connectivity index (χ3v) is 3.82. The molecule has 2 rings (SSSR count). The first-order valence-corrected chi connectivity index (χ1v) is 7.41. The third-order valence-electron chi connectivity index (χ3n) is 3.82. The van der Waals surface area contributed by atoms with E-state index >= 15 is 0 Å². The number of methoxy groups -OCH3 is 1. The van der Waals surface area contributed by atoms with Gasteiger partial charge in [0.15, 0.2) is 0 Å². The van der Waals surface area contributed by atoms with Crippen molar-refractivity contribution in [2.75, 3.05) is 39.8 Å². The van der Waals surface area contributed by atoms with Crippen LogP contribution in [0.15, 0.2) is 24.3 Å². The molecule has 1 aliphatic rings. The van der Waals surface area contributed by atoms with Gasteiger partial charge in [0.2, 0.25) is 0 Å². The van der Waals surface area contributed by atoms with Crippen LogP contribution < -0.4 is 4.74 Å². The summed E-state index contributed by atoms with van der Waals surface area (Å²) in [4.78, 5) is 16.9. The summed E-state index contributed by atoms with van der Waals surface area (Å²) in [5.41, 5.74) is 0.664. The Morgan fingerprint density at radius 2 is 1.90 bits per heavy atom. The van der Waals surface area contributed by atoms with Crippen LogP contribution >= 0.6 is 0 Å². The van der Waals surface area contributed by atoms with Gasteiger partial charge in [-0.3, -0.25) is 9.69 Å². The van der Waals surface area contributed by atoms with Crippen molar-refractivity contribution in [3.63, 3.8) is 0 Å². The molecule has 0 aliphatic carbocycles. The first-order chi connectivity index (χ1) is 9.76. The highest BCUT2D eigenvalue weighted by Gasteiger charge is 2.23. The van der Waals surface area contributed by atoms with Crippen molar-refractivity contribution in [3.05, 3.63) is 29.8 Å². The predicted octanol–water partition coefficient (Wildman–Crippen LogP) is 2.25. The molecule has 0 unspecified atom stereocenters. The number of benzene rings is 1. The number of piperazine rings is 1. The van der Waals surface area contributed by atoms with E-state index in [1.807, 2.05) is 29.2 Å². The van der Waals surface area contributed by atoms with E-state index < -0.39 is 0 Å². The van der Waals surface area contributed by atoms with Crippen LogP contribution in [0.25, 0.3) is 0 Å². The standard InChI is InChI=1S/C16H24N2O2/c1-3-4-9-17-10-12-18(13-11-17)16(19)14-7-5-6-8-15(14)20-2/h5-8H,3-4,9-13H2,1-2H3. The molecule has 1 saturated heterocycles. The maximum atomic E-state index is 12.5. The molecule has 20 heavy (non-hydrogen) atoms. The van der Waals surface area contributed by atoms with E-state index in [0.29, 0.717) is 11.3 Å². The molecule has 1 amide bonds. The van der Waals surface area contributed by atoms with E-state index in [9.17, 15) is 4.79 Å². The number of hydrogen-bond donors (Lipinski definition) is 0. The summed E-state index contributed by atoms with van der Waals surface area (Å²) < 4.78 is 5.27. The molecule has 0 atom stereocenters. The third kappa shape index (κ3) is 3.51. The summed E-state index contributed by atoms with van der Waals surface area (Å²) >= 11 is 0. The number of carbonyl (C=O) groups excluding carboxylic acids is 1. The van der Waals surface area contributed by atoms with Crippen molar-refractivity contribution in [1.82, 2.24) is 9.80 Å². The Balaban J connectivity index is 1.94. The van der Waals surface area contributed by atoms with Gasteiger partial charge in [-0.1, -0.05) is 25.5 Å². The second-order valence-corrected chi connectivity index (χ2v) is 5.19. The van der Waals surface area contributed by atoms with E-state index in [2.05, 4.69) is 11.8 Å². The molecule has 0 spiro atoms. The quantitative estimate of drug-likeness (QED) is 0.827. The maximum absolute atomic E-state index is 12.5. The molecule has 1 fully saturated rings. The van der Waals surface area contributed by atoms with Crippen molar-refractivity contribution in [3.8, 4) is 5.75 Å². The average Bonchev–Trinajstić information content (AvgIpc) is 2.52. The Bertz CT molecular complexity index is 440. The van der Waals surface area contributed by atoms with Crippen LogP contribution in [0.4, 0.5) is 0 Å². The molecule has 1 aromatic carbocycles. The summed E-state index contributed by atoms with van der Waals surface area (Å²) in [5, 5.41) is 0. The fraction of sp³-hybridized carbons (Fsp3) is 0.562. The van der Waals surface area contributed by atoms with E-state index in [-0.39, 0.29) is 5.91 Å². The number of unbranched alkanes of at least 4 members (excludes halogenated alkanes) is 1. The van der Waals surface area contributed by atoms with Crippen LogP contribution in [0.5, 0.6) is 5.75 Å². The molecular formula is C16H24N2O2. The molecule has 0 saturated carbocycles. The van der Waals surface area contributed by atoms with Crippen molar-refractivity contribution in [1.29, 1.82) is 0 Å². The zero-order valence-electron chi connectivity index (χ0n) is 12.5. The Morgan fingerprint density at radius 1 is 1.20 bits per heavy atom. The smallest absolute Gasteiger partial charge is 0.257 e. The summed E-state index contributed by atoms with van der Waals surface area (Å²) in [5.74, 6) is 0.739. The second kappa shape index (κ2) is 7.29. The van der Waals surface area contributed by atoms with Crippen molar-refractivity contribution in [2.45, 2.75) is 19.8 Å². The van der Waals surface area contributed by atoms with Crippen LogP contribution in [-0.4, -0.2) is 55.5 Å². The summed E-state index contributed by atoms with van der Waals surface area (Å²) in [6, 6.07) is 7.45. The molecule has 1 aliphatic heterocycles. The Morgan fingerprint density at radius 3 is 2.55 bits per heavy atom. The molecule has 110 valence electrons. The monoisotopic (exact) mass is 276 g/mol. The van der Waals surface area contributed by atoms with Gasteiger partial charge in [-0.15, -0.1) is 0 Å². The van der Waals surface area contributed by atoms with E-state index in [0.717, 1.165) is 32.7 Å². The topological polar surface area (TPSA) is 32.8 Å². The van der Waals surface area contributed by atoms with Gasteiger partial charge in [0.05, 0.1) is 12.7 Å². The number of amides is 1. The first-order valence-electron chi connectivity index (χ1n) is 7.41. The van der Waals surface area contributed by atoms with Gasteiger partial charge in [-0.05, 0) is 25.1 Å². The molecular weight excluding hydrogens is 252 g/mol. The van der Waals surface area contributed by atoms with E-state index in [1.165, 1.54) is 12.8 Å². The number of rotatable bonds is 5. The molecule has 1 aromatic rings. The van der Waals surface area contributed by atoms with E-state index in [4.69, 9.17) is 4.74 Å². The highest BCUT2D eigenvalue weighted by Crippen LogP contribution is 2.20. The number of carbonyl (C=O) groups is 1. The maximum Gasteiger partial charge on any atom is 0.257 e. The van der Waals surface area contributed by atoms with Crippen LogP contribution in [0.3, 0.4) is 0 Å². The minimum Gasteiger partial charge on any atom is -0.496 e. The first kappa shape index (κ1) is 14.9. The van der Waals surface area contributed by atoms with Crippen LogP contribution in [0.1, 0.15) is 30.1 Å². The predicted molar refractivity (Wildman–Crippen MR) is 80.2 cm³/mol. The van der Waals surface area contributed by atoms with Gasteiger partial charge in [0.1, 0.15) is 5.75 Å².